The Morgan fingerprint density at radius 3 is 2.57 bits per heavy atom. The smallest absolute Gasteiger partial charge is 0.244 e. The van der Waals surface area contributed by atoms with Crippen LogP contribution in [0.1, 0.15) is 11.1 Å². The number of sulfonamides is 1. The first-order chi connectivity index (χ1) is 10.9. The fourth-order valence-electron chi connectivity index (χ4n) is 2.10. The second kappa shape index (κ2) is 6.77. The van der Waals surface area contributed by atoms with Crippen molar-refractivity contribution in [1.82, 2.24) is 4.31 Å². The summed E-state index contributed by atoms with van der Waals surface area (Å²) in [6.45, 7) is -0.0248. The van der Waals surface area contributed by atoms with Crippen LogP contribution in [0.15, 0.2) is 47.4 Å². The van der Waals surface area contributed by atoms with Crippen LogP contribution in [0.3, 0.4) is 0 Å². The van der Waals surface area contributed by atoms with Crippen LogP contribution in [0, 0.1) is 17.1 Å². The molecule has 0 aromatic heterocycles. The lowest BCUT2D eigenvalue weighted by atomic mass is 10.2. The lowest BCUT2D eigenvalue weighted by Gasteiger charge is -2.18. The van der Waals surface area contributed by atoms with Gasteiger partial charge < -0.3 is 4.74 Å². The van der Waals surface area contributed by atoms with Crippen molar-refractivity contribution in [2.45, 2.75) is 11.4 Å². The number of hydrogen-bond acceptors (Lipinski definition) is 4. The first-order valence-corrected chi connectivity index (χ1v) is 8.12. The molecule has 0 saturated carbocycles. The van der Waals surface area contributed by atoms with Crippen LogP contribution in [0.25, 0.3) is 0 Å². The van der Waals surface area contributed by atoms with Gasteiger partial charge in [-0.1, -0.05) is 18.2 Å². The van der Waals surface area contributed by atoms with E-state index in [1.54, 1.807) is 18.2 Å². The van der Waals surface area contributed by atoms with E-state index in [4.69, 9.17) is 10.00 Å². The fourth-order valence-corrected chi connectivity index (χ4v) is 3.40. The zero-order valence-corrected chi connectivity index (χ0v) is 13.5. The maximum absolute atomic E-state index is 13.7. The van der Waals surface area contributed by atoms with E-state index >= 15 is 0 Å². The molecule has 120 valence electrons. The normalized spacial score (nSPS) is 11.3. The molecule has 0 bridgehead atoms. The van der Waals surface area contributed by atoms with E-state index in [9.17, 15) is 12.8 Å². The van der Waals surface area contributed by atoms with Crippen LogP contribution >= 0.6 is 0 Å². The summed E-state index contributed by atoms with van der Waals surface area (Å²) in [6.07, 6.45) is 0. The molecule has 2 aromatic carbocycles. The minimum absolute atomic E-state index is 0.0248. The first-order valence-electron chi connectivity index (χ1n) is 6.68. The van der Waals surface area contributed by atoms with Gasteiger partial charge in [0.1, 0.15) is 6.07 Å². The molecule has 2 aromatic rings. The van der Waals surface area contributed by atoms with E-state index in [0.717, 1.165) is 4.31 Å². The number of methoxy groups -OCH3 is 1. The summed E-state index contributed by atoms with van der Waals surface area (Å²) in [4.78, 5) is -0.0704. The molecule has 0 amide bonds. The Hall–Kier alpha value is -2.43. The maximum atomic E-state index is 13.7. The van der Waals surface area contributed by atoms with Gasteiger partial charge in [-0.3, -0.25) is 0 Å². The van der Waals surface area contributed by atoms with Crippen molar-refractivity contribution >= 4 is 10.0 Å². The molecule has 0 aliphatic rings. The van der Waals surface area contributed by atoms with E-state index in [1.165, 1.54) is 38.4 Å². The monoisotopic (exact) mass is 334 g/mol. The van der Waals surface area contributed by atoms with Crippen LogP contribution in [-0.4, -0.2) is 26.9 Å². The Labute approximate surface area is 134 Å². The van der Waals surface area contributed by atoms with E-state index in [0.29, 0.717) is 5.56 Å². The second-order valence-corrected chi connectivity index (χ2v) is 6.85. The zero-order valence-electron chi connectivity index (χ0n) is 12.7. The van der Waals surface area contributed by atoms with Crippen molar-refractivity contribution in [3.8, 4) is 11.8 Å². The summed E-state index contributed by atoms with van der Waals surface area (Å²) in [6, 6.07) is 12.1. The van der Waals surface area contributed by atoms with E-state index in [-0.39, 0.29) is 22.8 Å². The quantitative estimate of drug-likeness (QED) is 0.842. The molecule has 0 heterocycles. The van der Waals surface area contributed by atoms with Gasteiger partial charge in [-0.05, 0) is 29.8 Å². The van der Waals surface area contributed by atoms with Gasteiger partial charge in [0.15, 0.2) is 11.6 Å². The van der Waals surface area contributed by atoms with Crippen LogP contribution in [-0.2, 0) is 16.6 Å². The molecule has 5 nitrogen and oxygen atoms in total. The molecular weight excluding hydrogens is 319 g/mol. The lowest BCUT2D eigenvalue weighted by Crippen LogP contribution is -2.27. The Kier molecular flexibility index (Phi) is 4.98. The third-order valence-corrected chi connectivity index (χ3v) is 5.18. The summed E-state index contributed by atoms with van der Waals surface area (Å²) in [5.74, 6) is -0.470. The van der Waals surface area contributed by atoms with Crippen LogP contribution in [0.2, 0.25) is 0 Å². The number of halogens is 1. The van der Waals surface area contributed by atoms with Crippen LogP contribution in [0.5, 0.6) is 5.75 Å². The summed E-state index contributed by atoms with van der Waals surface area (Å²) in [5.41, 5.74) is 0.545. The molecule has 7 heteroatoms. The van der Waals surface area contributed by atoms with Crippen LogP contribution in [0.4, 0.5) is 4.39 Å². The average Bonchev–Trinajstić information content (AvgIpc) is 2.54. The van der Waals surface area contributed by atoms with Gasteiger partial charge in [-0.25, -0.2) is 12.8 Å². The minimum atomic E-state index is -3.85. The largest absolute Gasteiger partial charge is 0.494 e. The van der Waals surface area contributed by atoms with Crippen molar-refractivity contribution in [2.24, 2.45) is 0 Å². The SMILES string of the molecule is COc1ccc(CN(C)S(=O)(=O)c2ccccc2C#N)cc1F. The molecule has 0 unspecified atom stereocenters. The summed E-state index contributed by atoms with van der Waals surface area (Å²) >= 11 is 0. The predicted molar refractivity (Wildman–Crippen MR) is 82.8 cm³/mol. The van der Waals surface area contributed by atoms with Gasteiger partial charge in [0.25, 0.3) is 0 Å². The number of rotatable bonds is 5. The van der Waals surface area contributed by atoms with Gasteiger partial charge >= 0.3 is 0 Å². The highest BCUT2D eigenvalue weighted by atomic mass is 32.2. The summed E-state index contributed by atoms with van der Waals surface area (Å²) < 4.78 is 44.8. The third-order valence-electron chi connectivity index (χ3n) is 3.32. The van der Waals surface area contributed by atoms with Gasteiger partial charge in [-0.2, -0.15) is 9.57 Å². The van der Waals surface area contributed by atoms with Crippen LogP contribution < -0.4 is 4.74 Å². The van der Waals surface area contributed by atoms with E-state index < -0.39 is 15.8 Å². The molecule has 0 fully saturated rings. The Balaban J connectivity index is 2.31. The van der Waals surface area contributed by atoms with E-state index in [2.05, 4.69) is 0 Å². The zero-order chi connectivity index (χ0) is 17.0. The molecule has 0 aliphatic carbocycles. The fraction of sp³-hybridized carbons (Fsp3) is 0.188. The highest BCUT2D eigenvalue weighted by Crippen LogP contribution is 2.22. The third kappa shape index (κ3) is 3.50. The second-order valence-electron chi connectivity index (χ2n) is 4.84. The van der Waals surface area contributed by atoms with Gasteiger partial charge in [0.05, 0.1) is 17.6 Å². The lowest BCUT2D eigenvalue weighted by molar-refractivity contribution is 0.385. The standard InChI is InChI=1S/C16H15FN2O3S/c1-19(11-12-7-8-15(22-2)14(17)9-12)23(20,21)16-6-4-3-5-13(16)10-18/h3-9H,11H2,1-2H3. The molecule has 0 atom stereocenters. The molecular formula is C16H15FN2O3S. The Morgan fingerprint density at radius 1 is 1.26 bits per heavy atom. The van der Waals surface area contributed by atoms with Gasteiger partial charge in [-0.15, -0.1) is 0 Å². The van der Waals surface area contributed by atoms with Gasteiger partial charge in [0, 0.05) is 13.6 Å². The number of nitrogens with zero attached hydrogens (tertiary/aromatic N) is 2. The van der Waals surface area contributed by atoms with Crippen molar-refractivity contribution in [3.63, 3.8) is 0 Å². The molecule has 0 aliphatic heterocycles. The Bertz CT molecular complexity index is 860. The number of ether oxygens (including phenoxy) is 1. The predicted octanol–water partition coefficient (Wildman–Crippen LogP) is 2.53. The highest BCUT2D eigenvalue weighted by Gasteiger charge is 2.24. The first kappa shape index (κ1) is 16.9. The van der Waals surface area contributed by atoms with Crippen molar-refractivity contribution in [3.05, 3.63) is 59.4 Å². The molecule has 2 rings (SSSR count). The summed E-state index contributed by atoms with van der Waals surface area (Å²) in [7, 11) is -1.12. The number of benzene rings is 2. The molecule has 0 saturated heterocycles. The van der Waals surface area contributed by atoms with Gasteiger partial charge in [0.2, 0.25) is 10.0 Å². The average molecular weight is 334 g/mol. The molecule has 0 N–H and O–H groups in total. The minimum Gasteiger partial charge on any atom is -0.494 e. The summed E-state index contributed by atoms with van der Waals surface area (Å²) in [5, 5.41) is 9.05. The molecule has 0 spiro atoms. The number of nitriles is 1. The number of hydrogen-bond donors (Lipinski definition) is 0. The highest BCUT2D eigenvalue weighted by molar-refractivity contribution is 7.89. The maximum Gasteiger partial charge on any atom is 0.244 e. The van der Waals surface area contributed by atoms with E-state index in [1.807, 2.05) is 6.07 Å². The Morgan fingerprint density at radius 2 is 1.96 bits per heavy atom. The van der Waals surface area contributed by atoms with Crippen molar-refractivity contribution in [1.29, 1.82) is 5.26 Å². The molecule has 0 radical (unpaired) electrons. The van der Waals surface area contributed by atoms with Crippen molar-refractivity contribution in [2.75, 3.05) is 14.2 Å². The topological polar surface area (TPSA) is 70.4 Å². The molecule has 23 heavy (non-hydrogen) atoms. The van der Waals surface area contributed by atoms with Crippen molar-refractivity contribution < 1.29 is 17.5 Å².